The van der Waals surface area contributed by atoms with Crippen LogP contribution in [0.4, 0.5) is 0 Å². The van der Waals surface area contributed by atoms with Gasteiger partial charge in [-0.1, -0.05) is 44.0 Å². The number of aromatic amines is 1. The molecule has 0 unspecified atom stereocenters. The van der Waals surface area contributed by atoms with E-state index < -0.39 is 0 Å². The quantitative estimate of drug-likeness (QED) is 0.351. The minimum atomic E-state index is -0.266. The third kappa shape index (κ3) is 2.33. The standard InChI is InChI=1S/C21H12Br2N2O2/c1-25-20(26)13-4-2-3-12(18(13)21(25)27)15-8-11(23)9-16-14-7-10(22)5-6-17(14)24-19(15)16/h2-9,24H,1H3. The number of H-pyrrole nitrogens is 1. The molecule has 2 amide bonds. The summed E-state index contributed by atoms with van der Waals surface area (Å²) in [4.78, 5) is 29.7. The average molecular weight is 484 g/mol. The largest absolute Gasteiger partial charge is 0.354 e. The van der Waals surface area contributed by atoms with E-state index in [2.05, 4.69) is 49.0 Å². The number of nitrogens with one attached hydrogen (secondary N) is 1. The van der Waals surface area contributed by atoms with Gasteiger partial charge in [-0.2, -0.15) is 0 Å². The van der Waals surface area contributed by atoms with Crippen molar-refractivity contribution in [3.8, 4) is 11.1 Å². The molecule has 0 atom stereocenters. The van der Waals surface area contributed by atoms with Crippen LogP contribution in [0.15, 0.2) is 57.5 Å². The third-order valence-electron chi connectivity index (χ3n) is 5.04. The second kappa shape index (κ2) is 5.78. The lowest BCUT2D eigenvalue weighted by Crippen LogP contribution is -2.24. The monoisotopic (exact) mass is 482 g/mol. The van der Waals surface area contributed by atoms with Gasteiger partial charge in [0.25, 0.3) is 11.8 Å². The Hall–Kier alpha value is -2.44. The Labute approximate surface area is 171 Å². The van der Waals surface area contributed by atoms with Crippen molar-refractivity contribution >= 4 is 65.5 Å². The van der Waals surface area contributed by atoms with Crippen LogP contribution in [-0.2, 0) is 0 Å². The van der Waals surface area contributed by atoms with E-state index in [1.165, 1.54) is 11.9 Å². The number of halogens is 2. The van der Waals surface area contributed by atoms with Gasteiger partial charge in [0.15, 0.2) is 0 Å². The third-order valence-corrected chi connectivity index (χ3v) is 5.99. The summed E-state index contributed by atoms with van der Waals surface area (Å²) in [5.74, 6) is -0.527. The molecule has 0 saturated carbocycles. The van der Waals surface area contributed by atoms with E-state index in [0.29, 0.717) is 11.1 Å². The van der Waals surface area contributed by atoms with Gasteiger partial charge >= 0.3 is 0 Å². The van der Waals surface area contributed by atoms with Crippen LogP contribution in [-0.4, -0.2) is 28.7 Å². The van der Waals surface area contributed by atoms with Crippen molar-refractivity contribution in [3.63, 3.8) is 0 Å². The van der Waals surface area contributed by atoms with Gasteiger partial charge < -0.3 is 4.98 Å². The molecule has 5 rings (SSSR count). The van der Waals surface area contributed by atoms with E-state index in [1.54, 1.807) is 6.07 Å². The molecule has 132 valence electrons. The van der Waals surface area contributed by atoms with E-state index in [9.17, 15) is 9.59 Å². The topological polar surface area (TPSA) is 53.2 Å². The van der Waals surface area contributed by atoms with Gasteiger partial charge in [-0.15, -0.1) is 0 Å². The molecular weight excluding hydrogens is 472 g/mol. The van der Waals surface area contributed by atoms with Gasteiger partial charge in [-0.3, -0.25) is 14.5 Å². The van der Waals surface area contributed by atoms with Crippen molar-refractivity contribution in [2.24, 2.45) is 0 Å². The number of carbonyl (C=O) groups is 2. The minimum absolute atomic E-state index is 0.260. The summed E-state index contributed by atoms with van der Waals surface area (Å²) in [6, 6.07) is 15.6. The van der Waals surface area contributed by atoms with Gasteiger partial charge in [-0.05, 0) is 42.0 Å². The number of fused-ring (bicyclic) bond motifs is 4. The molecule has 0 bridgehead atoms. The molecule has 0 aliphatic carbocycles. The maximum Gasteiger partial charge on any atom is 0.261 e. The van der Waals surface area contributed by atoms with Gasteiger partial charge in [0.2, 0.25) is 0 Å². The summed E-state index contributed by atoms with van der Waals surface area (Å²) in [7, 11) is 1.52. The SMILES string of the molecule is CN1C(=O)c2cccc(-c3cc(Br)cc4c3[nH]c3ccc(Br)cc34)c2C1=O. The highest BCUT2D eigenvalue weighted by molar-refractivity contribution is 9.10. The molecular formula is C21H12Br2N2O2. The zero-order valence-electron chi connectivity index (χ0n) is 14.1. The molecule has 0 fully saturated rings. The Morgan fingerprint density at radius 2 is 1.56 bits per heavy atom. The Morgan fingerprint density at radius 1 is 0.815 bits per heavy atom. The number of carbonyl (C=O) groups excluding carboxylic acids is 2. The second-order valence-electron chi connectivity index (χ2n) is 6.59. The number of benzene rings is 3. The summed E-state index contributed by atoms with van der Waals surface area (Å²) in [6.07, 6.45) is 0. The van der Waals surface area contributed by atoms with E-state index in [-0.39, 0.29) is 11.8 Å². The van der Waals surface area contributed by atoms with Gasteiger partial charge in [0, 0.05) is 37.8 Å². The fourth-order valence-electron chi connectivity index (χ4n) is 3.78. The molecule has 1 N–H and O–H groups in total. The summed E-state index contributed by atoms with van der Waals surface area (Å²) in [5, 5.41) is 2.15. The smallest absolute Gasteiger partial charge is 0.261 e. The van der Waals surface area contributed by atoms with Gasteiger partial charge in [0.1, 0.15) is 0 Å². The van der Waals surface area contributed by atoms with Crippen LogP contribution in [0.5, 0.6) is 0 Å². The molecule has 6 heteroatoms. The first-order chi connectivity index (χ1) is 13.0. The van der Waals surface area contributed by atoms with Crippen LogP contribution < -0.4 is 0 Å². The van der Waals surface area contributed by atoms with E-state index in [0.717, 1.165) is 41.9 Å². The van der Waals surface area contributed by atoms with Crippen molar-refractivity contribution in [2.45, 2.75) is 0 Å². The molecule has 2 heterocycles. The first-order valence-electron chi connectivity index (χ1n) is 8.32. The van der Waals surface area contributed by atoms with Crippen molar-refractivity contribution < 1.29 is 9.59 Å². The minimum Gasteiger partial charge on any atom is -0.354 e. The molecule has 1 aromatic heterocycles. The predicted molar refractivity (Wildman–Crippen MR) is 113 cm³/mol. The highest BCUT2D eigenvalue weighted by Crippen LogP contribution is 2.40. The van der Waals surface area contributed by atoms with Crippen molar-refractivity contribution in [3.05, 3.63) is 68.6 Å². The number of hydrogen-bond acceptors (Lipinski definition) is 2. The normalized spacial score (nSPS) is 13.8. The van der Waals surface area contributed by atoms with Crippen LogP contribution in [0, 0.1) is 0 Å². The van der Waals surface area contributed by atoms with E-state index in [1.807, 2.05) is 30.3 Å². The summed E-state index contributed by atoms with van der Waals surface area (Å²) in [5.41, 5.74) is 4.51. The number of imide groups is 1. The first-order valence-corrected chi connectivity index (χ1v) is 9.90. The number of nitrogens with zero attached hydrogens (tertiary/aromatic N) is 1. The summed E-state index contributed by atoms with van der Waals surface area (Å²) >= 11 is 7.13. The van der Waals surface area contributed by atoms with Crippen molar-refractivity contribution in [1.82, 2.24) is 9.88 Å². The lowest BCUT2D eigenvalue weighted by Gasteiger charge is -2.09. The molecule has 4 nitrogen and oxygen atoms in total. The maximum atomic E-state index is 12.7. The lowest BCUT2D eigenvalue weighted by atomic mass is 9.95. The summed E-state index contributed by atoms with van der Waals surface area (Å²) in [6.45, 7) is 0. The summed E-state index contributed by atoms with van der Waals surface area (Å²) < 4.78 is 1.91. The molecule has 1 aliphatic rings. The fourth-order valence-corrected chi connectivity index (χ4v) is 4.59. The van der Waals surface area contributed by atoms with Crippen LogP contribution in [0.25, 0.3) is 32.9 Å². The molecule has 0 saturated heterocycles. The highest BCUT2D eigenvalue weighted by Gasteiger charge is 2.35. The molecule has 3 aromatic carbocycles. The van der Waals surface area contributed by atoms with Crippen molar-refractivity contribution in [1.29, 1.82) is 0 Å². The Balaban J connectivity index is 1.90. The first kappa shape index (κ1) is 16.7. The average Bonchev–Trinajstić information content (AvgIpc) is 3.12. The fraction of sp³-hybridized carbons (Fsp3) is 0.0476. The number of amides is 2. The Morgan fingerprint density at radius 3 is 2.37 bits per heavy atom. The molecule has 1 aliphatic heterocycles. The Bertz CT molecular complexity index is 1310. The van der Waals surface area contributed by atoms with Crippen LogP contribution in [0.2, 0.25) is 0 Å². The van der Waals surface area contributed by atoms with Crippen LogP contribution in [0.3, 0.4) is 0 Å². The van der Waals surface area contributed by atoms with Crippen LogP contribution in [0.1, 0.15) is 20.7 Å². The number of hydrogen-bond donors (Lipinski definition) is 1. The maximum absolute atomic E-state index is 12.7. The molecule has 0 spiro atoms. The Kier molecular flexibility index (Phi) is 3.58. The van der Waals surface area contributed by atoms with Crippen LogP contribution >= 0.6 is 31.9 Å². The predicted octanol–water partition coefficient (Wildman–Crippen LogP) is 5.74. The number of rotatable bonds is 1. The zero-order chi connectivity index (χ0) is 18.9. The lowest BCUT2D eigenvalue weighted by molar-refractivity contribution is 0.0693. The van der Waals surface area contributed by atoms with Gasteiger partial charge in [0.05, 0.1) is 16.6 Å². The van der Waals surface area contributed by atoms with Crippen molar-refractivity contribution in [2.75, 3.05) is 7.05 Å². The zero-order valence-corrected chi connectivity index (χ0v) is 17.3. The number of aromatic nitrogens is 1. The molecule has 0 radical (unpaired) electrons. The van der Waals surface area contributed by atoms with Gasteiger partial charge in [-0.25, -0.2) is 0 Å². The highest BCUT2D eigenvalue weighted by atomic mass is 79.9. The van der Waals surface area contributed by atoms with E-state index >= 15 is 0 Å². The molecule has 4 aromatic rings. The van der Waals surface area contributed by atoms with E-state index in [4.69, 9.17) is 0 Å². The molecule has 27 heavy (non-hydrogen) atoms. The second-order valence-corrected chi connectivity index (χ2v) is 8.42.